The fourth-order valence-electron chi connectivity index (χ4n) is 14.1. The zero-order chi connectivity index (χ0) is 47.2. The van der Waals surface area contributed by atoms with E-state index in [4.69, 9.17) is 4.42 Å². The monoisotopic (exact) mass is 916 g/mol. The van der Waals surface area contributed by atoms with E-state index in [1.54, 1.807) is 0 Å². The quantitative estimate of drug-likeness (QED) is 0.107. The van der Waals surface area contributed by atoms with Crippen molar-refractivity contribution >= 4 is 68.1 Å². The van der Waals surface area contributed by atoms with Gasteiger partial charge in [0.05, 0.1) is 0 Å². The molecule has 0 spiro atoms. The van der Waals surface area contributed by atoms with Crippen molar-refractivity contribution in [2.75, 3.05) is 0 Å². The molecule has 2 bridgehead atoms. The molecule has 8 aromatic carbocycles. The standard InChI is InChI=1S/C65H62BO2P/c1-41-32-43(3)63(44(4)33-41)66(64-45(5)34-42(2)35-46(64)6)53-25-29-60-58(38-53)57-37-51(22-28-59(57)68-60)50-20-18-47(19-21-50)30-31-65(39-48-12-11-13-49(36-48)40-65)52-23-26-54(27-24-52)69(67)61-16-9-7-14-55(61)56-15-8-10-17-62(56)69/h7-10,14-29,32-35,37-38,48-49H,11-13,30-31,36,39-40H2,1-6H3. The molecule has 2 unspecified atom stereocenters. The summed E-state index contributed by atoms with van der Waals surface area (Å²) in [5.41, 5.74) is 21.5. The predicted octanol–water partition coefficient (Wildman–Crippen LogP) is 13.7. The number of fused-ring (bicyclic) bond motifs is 8. The Morgan fingerprint density at radius 2 is 1.09 bits per heavy atom. The van der Waals surface area contributed by atoms with E-state index in [1.807, 2.05) is 12.1 Å². The lowest BCUT2D eigenvalue weighted by molar-refractivity contribution is 0.103. The molecule has 4 heteroatoms. The van der Waals surface area contributed by atoms with Crippen LogP contribution >= 0.6 is 7.14 Å². The van der Waals surface area contributed by atoms with Crippen LogP contribution in [0.1, 0.15) is 89.5 Å². The second-order valence-corrected chi connectivity index (χ2v) is 24.3. The molecule has 1 aromatic heterocycles. The van der Waals surface area contributed by atoms with Crippen molar-refractivity contribution in [2.45, 2.75) is 98.3 Å². The molecule has 2 nitrogen and oxygen atoms in total. The normalized spacial score (nSPS) is 19.2. The number of aryl methyl sites for hydroxylation is 7. The first-order valence-corrected chi connectivity index (χ1v) is 27.3. The minimum Gasteiger partial charge on any atom is -0.456 e. The van der Waals surface area contributed by atoms with Gasteiger partial charge in [-0.3, -0.25) is 0 Å². The maximum atomic E-state index is 15.3. The molecule has 2 aliphatic carbocycles. The second-order valence-electron chi connectivity index (χ2n) is 21.6. The van der Waals surface area contributed by atoms with Gasteiger partial charge in [-0.05, 0) is 142 Å². The Morgan fingerprint density at radius 1 is 0.565 bits per heavy atom. The van der Waals surface area contributed by atoms with Crippen LogP contribution in [0, 0.1) is 53.4 Å². The van der Waals surface area contributed by atoms with E-state index < -0.39 is 7.14 Å². The maximum Gasteiger partial charge on any atom is 0.242 e. The topological polar surface area (TPSA) is 30.2 Å². The van der Waals surface area contributed by atoms with Gasteiger partial charge in [0.1, 0.15) is 11.2 Å². The molecule has 342 valence electrons. The van der Waals surface area contributed by atoms with Gasteiger partial charge >= 0.3 is 0 Å². The molecule has 2 saturated carbocycles. The summed E-state index contributed by atoms with van der Waals surface area (Å²) in [7, 11) is -2.96. The van der Waals surface area contributed by atoms with Crippen LogP contribution in [-0.4, -0.2) is 6.71 Å². The van der Waals surface area contributed by atoms with E-state index in [9.17, 15) is 0 Å². The molecule has 69 heavy (non-hydrogen) atoms. The van der Waals surface area contributed by atoms with Gasteiger partial charge in [-0.15, -0.1) is 0 Å². The van der Waals surface area contributed by atoms with Gasteiger partial charge in [0, 0.05) is 26.7 Å². The van der Waals surface area contributed by atoms with Crippen molar-refractivity contribution in [3.63, 3.8) is 0 Å². The van der Waals surface area contributed by atoms with E-state index >= 15 is 4.57 Å². The van der Waals surface area contributed by atoms with Crippen molar-refractivity contribution < 1.29 is 8.98 Å². The first-order valence-electron chi connectivity index (χ1n) is 25.6. The lowest BCUT2D eigenvalue weighted by Gasteiger charge is -2.48. The summed E-state index contributed by atoms with van der Waals surface area (Å²) < 4.78 is 21.9. The number of hydrogen-bond acceptors (Lipinski definition) is 2. The van der Waals surface area contributed by atoms with Crippen LogP contribution < -0.4 is 32.3 Å². The van der Waals surface area contributed by atoms with E-state index in [0.717, 1.165) is 73.7 Å². The lowest BCUT2D eigenvalue weighted by atomic mass is 9.34. The van der Waals surface area contributed by atoms with Gasteiger partial charge in [0.25, 0.3) is 0 Å². The highest BCUT2D eigenvalue weighted by atomic mass is 31.2. The molecule has 1 aliphatic heterocycles. The molecule has 3 aliphatic rings. The Bertz CT molecular complexity index is 3360. The second kappa shape index (κ2) is 17.1. The van der Waals surface area contributed by atoms with Crippen molar-refractivity contribution in [3.8, 4) is 22.3 Å². The van der Waals surface area contributed by atoms with Crippen LogP contribution in [0.25, 0.3) is 44.2 Å². The van der Waals surface area contributed by atoms with Gasteiger partial charge in [-0.25, -0.2) is 0 Å². The van der Waals surface area contributed by atoms with Crippen LogP contribution in [0.3, 0.4) is 0 Å². The molecule has 9 aromatic rings. The number of rotatable bonds is 9. The van der Waals surface area contributed by atoms with Crippen molar-refractivity contribution in [1.29, 1.82) is 0 Å². The van der Waals surface area contributed by atoms with E-state index in [0.29, 0.717) is 0 Å². The van der Waals surface area contributed by atoms with E-state index in [2.05, 4.69) is 187 Å². The van der Waals surface area contributed by atoms with Crippen LogP contribution in [0.5, 0.6) is 0 Å². The minimum absolute atomic E-state index is 0.0996. The average molecular weight is 917 g/mol. The zero-order valence-corrected chi connectivity index (χ0v) is 42.1. The molecule has 0 radical (unpaired) electrons. The smallest absolute Gasteiger partial charge is 0.242 e. The Hall–Kier alpha value is -6.15. The van der Waals surface area contributed by atoms with E-state index in [-0.39, 0.29) is 12.1 Å². The molecule has 0 N–H and O–H groups in total. The summed E-state index contributed by atoms with van der Waals surface area (Å²) in [6.45, 7) is 13.6. The highest BCUT2D eigenvalue weighted by Gasteiger charge is 2.44. The minimum atomic E-state index is -2.96. The third kappa shape index (κ3) is 7.50. The Kier molecular flexibility index (Phi) is 10.9. The lowest BCUT2D eigenvalue weighted by Crippen LogP contribution is -2.55. The fourth-order valence-corrected chi connectivity index (χ4v) is 17.1. The van der Waals surface area contributed by atoms with Gasteiger partial charge < -0.3 is 8.98 Å². The number of benzene rings is 8. The molecule has 2 fully saturated rings. The van der Waals surface area contributed by atoms with Gasteiger partial charge in [-0.1, -0.05) is 209 Å². The van der Waals surface area contributed by atoms with Gasteiger partial charge in [-0.2, -0.15) is 0 Å². The fraction of sp³-hybridized carbons (Fsp3) is 0.262. The Labute approximate surface area is 409 Å². The SMILES string of the molecule is Cc1cc(C)c(B(c2ccc3oc4ccc(-c5ccc(CCC6(c7ccc(P8(=O)c9ccccc9-c9ccccc98)cc7)CC7CCCC(C7)C6)cc5)cc4c3c2)c2c(C)cc(C)cc2C)c(C)c1. The molecule has 0 saturated heterocycles. The molecular formula is C65H62BO2P. The number of hydrogen-bond donors (Lipinski definition) is 0. The van der Waals surface area contributed by atoms with Gasteiger partial charge in [0.15, 0.2) is 7.14 Å². The summed E-state index contributed by atoms with van der Waals surface area (Å²) in [5.74, 6) is 1.57. The summed E-state index contributed by atoms with van der Waals surface area (Å²) in [6.07, 6.45) is 10.1. The summed E-state index contributed by atoms with van der Waals surface area (Å²) in [4.78, 5) is 0. The van der Waals surface area contributed by atoms with Crippen LogP contribution in [-0.2, 0) is 16.4 Å². The summed E-state index contributed by atoms with van der Waals surface area (Å²) in [6, 6.07) is 58.3. The highest BCUT2D eigenvalue weighted by molar-refractivity contribution is 7.86. The molecular weight excluding hydrogens is 854 g/mol. The van der Waals surface area contributed by atoms with Crippen LogP contribution in [0.15, 0.2) is 162 Å². The third-order valence-corrected chi connectivity index (χ3v) is 20.1. The molecule has 2 heterocycles. The van der Waals surface area contributed by atoms with Crippen molar-refractivity contribution in [3.05, 3.63) is 202 Å². The molecule has 12 rings (SSSR count). The molecule has 0 amide bonds. The maximum absolute atomic E-state index is 15.3. The summed E-state index contributed by atoms with van der Waals surface area (Å²) in [5, 5.41) is 5.23. The van der Waals surface area contributed by atoms with Gasteiger partial charge in [0.2, 0.25) is 6.71 Å². The molecule has 2 atom stereocenters. The van der Waals surface area contributed by atoms with Crippen LogP contribution in [0.4, 0.5) is 0 Å². The van der Waals surface area contributed by atoms with Crippen molar-refractivity contribution in [1.82, 2.24) is 0 Å². The van der Waals surface area contributed by atoms with Crippen LogP contribution in [0.2, 0.25) is 0 Å². The predicted molar refractivity (Wildman–Crippen MR) is 295 cm³/mol. The third-order valence-electron chi connectivity index (χ3n) is 16.9. The highest BCUT2D eigenvalue weighted by Crippen LogP contribution is 2.54. The Morgan fingerprint density at radius 3 is 1.67 bits per heavy atom. The van der Waals surface area contributed by atoms with Crippen molar-refractivity contribution in [2.24, 2.45) is 11.8 Å². The first kappa shape index (κ1) is 44.1. The largest absolute Gasteiger partial charge is 0.456 e. The first-order chi connectivity index (χ1) is 33.5. The zero-order valence-electron chi connectivity index (χ0n) is 41.2. The average Bonchev–Trinajstić information content (AvgIpc) is 3.84. The summed E-state index contributed by atoms with van der Waals surface area (Å²) >= 11 is 0. The number of furan rings is 1. The Balaban J connectivity index is 0.847. The van der Waals surface area contributed by atoms with E-state index in [1.165, 1.54) is 111 Å².